The van der Waals surface area contributed by atoms with Crippen LogP contribution in [0.5, 0.6) is 0 Å². The van der Waals surface area contributed by atoms with Gasteiger partial charge in [0.25, 0.3) is 20.2 Å². The van der Waals surface area contributed by atoms with Gasteiger partial charge in [0.2, 0.25) is 0 Å². The molecule has 0 spiro atoms. The number of ether oxygens (including phenoxy) is 1. The summed E-state index contributed by atoms with van der Waals surface area (Å²) in [6, 6.07) is 14.1. The van der Waals surface area contributed by atoms with Crippen molar-refractivity contribution in [2.75, 3.05) is 39.9 Å². The highest BCUT2D eigenvalue weighted by Gasteiger charge is 2.39. The third-order valence-corrected chi connectivity index (χ3v) is 9.50. The monoisotopic (exact) mass is 503 g/mol. The van der Waals surface area contributed by atoms with Gasteiger partial charge in [-0.15, -0.1) is 0 Å². The van der Waals surface area contributed by atoms with E-state index in [2.05, 4.69) is 16.0 Å². The molecule has 3 aromatic rings. The highest BCUT2D eigenvalue weighted by Crippen LogP contribution is 2.33. The molecule has 0 amide bonds. The number of H-pyrrole nitrogens is 1. The van der Waals surface area contributed by atoms with E-state index in [4.69, 9.17) is 4.74 Å². The van der Waals surface area contributed by atoms with Gasteiger partial charge in [0.1, 0.15) is 6.07 Å². The number of methoxy groups -OCH3 is 1. The Morgan fingerprint density at radius 1 is 1.12 bits per heavy atom. The highest BCUT2D eigenvalue weighted by atomic mass is 32.3. The molecule has 1 fully saturated rings. The molecule has 0 saturated carbocycles. The van der Waals surface area contributed by atoms with Gasteiger partial charge in [-0.1, -0.05) is 40.5 Å². The fourth-order valence-corrected chi connectivity index (χ4v) is 7.40. The zero-order valence-corrected chi connectivity index (χ0v) is 20.1. The van der Waals surface area contributed by atoms with E-state index in [1.165, 1.54) is 28.6 Å². The van der Waals surface area contributed by atoms with Crippen LogP contribution in [0.15, 0.2) is 59.6 Å². The van der Waals surface area contributed by atoms with E-state index in [1.807, 2.05) is 4.13 Å². The molecule has 0 radical (unpaired) electrons. The first kappa shape index (κ1) is 24.3. The second-order valence-corrected chi connectivity index (χ2v) is 11.5. The molecule has 1 atom stereocenters. The van der Waals surface area contributed by atoms with Crippen molar-refractivity contribution in [2.24, 2.45) is 0 Å². The van der Waals surface area contributed by atoms with E-state index in [-0.39, 0.29) is 11.4 Å². The Hall–Kier alpha value is -2.79. The maximum absolute atomic E-state index is 13.4. The molecule has 0 aliphatic carbocycles. The van der Waals surface area contributed by atoms with Crippen LogP contribution in [0.2, 0.25) is 0 Å². The van der Waals surface area contributed by atoms with Crippen LogP contribution in [0.1, 0.15) is 17.2 Å². The van der Waals surface area contributed by atoms with Crippen LogP contribution in [0.4, 0.5) is 0 Å². The molecule has 0 bridgehead atoms. The van der Waals surface area contributed by atoms with Gasteiger partial charge in [0, 0.05) is 44.9 Å². The Balaban J connectivity index is 1.73. The Morgan fingerprint density at radius 3 is 2.59 bits per heavy atom. The summed E-state index contributed by atoms with van der Waals surface area (Å²) in [5.74, 6) is 0. The minimum atomic E-state index is -4.44. The number of rotatable bonds is 8. The molecule has 2 heterocycles. The van der Waals surface area contributed by atoms with Crippen LogP contribution in [-0.4, -0.2) is 70.9 Å². The molecule has 1 saturated heterocycles. The lowest BCUT2D eigenvalue weighted by Crippen LogP contribution is -2.54. The Bertz CT molecular complexity index is 1410. The minimum absolute atomic E-state index is 0.0796. The van der Waals surface area contributed by atoms with E-state index in [0.29, 0.717) is 48.3 Å². The van der Waals surface area contributed by atoms with Crippen molar-refractivity contribution in [3.8, 4) is 6.07 Å². The smallest absolute Gasteiger partial charge is 0.293 e. The van der Waals surface area contributed by atoms with Gasteiger partial charge in [-0.05, 0) is 17.7 Å². The van der Waals surface area contributed by atoms with Crippen molar-refractivity contribution in [3.63, 3.8) is 0 Å². The van der Waals surface area contributed by atoms with Crippen LogP contribution in [0, 0.1) is 11.3 Å². The first-order chi connectivity index (χ1) is 16.3. The van der Waals surface area contributed by atoms with Gasteiger partial charge in [0.05, 0.1) is 28.6 Å². The highest BCUT2D eigenvalue weighted by molar-refractivity contribution is 8.03. The van der Waals surface area contributed by atoms with E-state index >= 15 is 0 Å². The molecule has 1 unspecified atom stereocenters. The topological polar surface area (TPSA) is 136 Å². The summed E-state index contributed by atoms with van der Waals surface area (Å²) in [5, 5.41) is 10.1. The number of fused-ring (bicyclic) bond motifs is 1. The third-order valence-electron chi connectivity index (χ3n) is 5.83. The molecule has 180 valence electrons. The van der Waals surface area contributed by atoms with Gasteiger partial charge in [0.15, 0.2) is 0 Å². The minimum Gasteiger partial charge on any atom is -0.383 e. The summed E-state index contributed by atoms with van der Waals surface area (Å²) in [4.78, 5) is 5.01. The molecule has 10 nitrogen and oxygen atoms in total. The lowest BCUT2D eigenvalue weighted by Gasteiger charge is -2.40. The number of nitrogens with one attached hydrogen (secondary N) is 2. The maximum Gasteiger partial charge on any atom is 0.293 e. The number of piperazine rings is 1. The number of nitrogens with zero attached hydrogens (tertiary/aromatic N) is 3. The number of aromatic amines is 1. The van der Waals surface area contributed by atoms with Gasteiger partial charge in [-0.3, -0.25) is 4.90 Å². The summed E-state index contributed by atoms with van der Waals surface area (Å²) in [6.45, 7) is 1.90. The number of para-hydroxylation sites is 1. The van der Waals surface area contributed by atoms with Gasteiger partial charge in [-0.25, -0.2) is 8.42 Å². The lowest BCUT2D eigenvalue weighted by atomic mass is 10.0. The molecular formula is C22H25N5O5S2. The van der Waals surface area contributed by atoms with Crippen LogP contribution in [-0.2, 0) is 25.0 Å². The quantitative estimate of drug-likeness (QED) is 0.476. The second kappa shape index (κ2) is 9.83. The van der Waals surface area contributed by atoms with Crippen molar-refractivity contribution >= 4 is 31.1 Å². The van der Waals surface area contributed by atoms with E-state index in [1.54, 1.807) is 37.6 Å². The average molecular weight is 504 g/mol. The first-order valence-corrected chi connectivity index (χ1v) is 13.5. The number of sulfonamides is 1. The van der Waals surface area contributed by atoms with Crippen LogP contribution < -0.4 is 4.13 Å². The fraction of sp³-hybridized carbons (Fsp3) is 0.318. The first-order valence-electron chi connectivity index (χ1n) is 10.6. The number of hydrogen-bond acceptors (Lipinski definition) is 7. The van der Waals surface area contributed by atoms with Gasteiger partial charge < -0.3 is 9.72 Å². The number of benzene rings is 2. The summed E-state index contributed by atoms with van der Waals surface area (Å²) in [7, 11) is -7.15. The molecule has 34 heavy (non-hydrogen) atoms. The summed E-state index contributed by atoms with van der Waals surface area (Å²) < 4.78 is 60.7. The molecule has 2 N–H and O–H groups in total. The number of hydrogen-bond donors (Lipinski definition) is 2. The maximum atomic E-state index is 13.4. The van der Waals surface area contributed by atoms with Gasteiger partial charge >= 0.3 is 0 Å². The van der Waals surface area contributed by atoms with Gasteiger partial charge in [-0.2, -0.15) is 18.0 Å². The molecule has 2 aromatic carbocycles. The normalized spacial score (nSPS) is 18.2. The molecule has 1 aliphatic rings. The molecular weight excluding hydrogens is 478 g/mol. The second-order valence-electron chi connectivity index (χ2n) is 7.91. The van der Waals surface area contributed by atoms with E-state index < -0.39 is 26.3 Å². The predicted molar refractivity (Wildman–Crippen MR) is 126 cm³/mol. The third kappa shape index (κ3) is 4.85. The van der Waals surface area contributed by atoms with Crippen molar-refractivity contribution in [1.82, 2.24) is 18.3 Å². The van der Waals surface area contributed by atoms with Crippen LogP contribution in [0.3, 0.4) is 0 Å². The summed E-state index contributed by atoms with van der Waals surface area (Å²) in [5.41, 5.74) is 1.75. The molecule has 4 rings (SSSR count). The van der Waals surface area contributed by atoms with Crippen molar-refractivity contribution in [1.29, 1.82) is 5.26 Å². The number of aromatic nitrogens is 1. The number of nitriles is 1. The van der Waals surface area contributed by atoms with E-state index in [9.17, 15) is 22.1 Å². The molecule has 12 heteroatoms. The standard InChI is InChI=1S/C22H25N5O5S2/c1-32-13-12-26-10-11-27(34(30,31)25-33(28,29)18-6-3-2-4-7-18)21(16-26)20-9-5-8-19-17(14-23)15-24-22(19)20/h2-9,15,21,24-25H,10-13,16H2,1H3. The van der Waals surface area contributed by atoms with Crippen LogP contribution >= 0.6 is 0 Å². The van der Waals surface area contributed by atoms with Crippen molar-refractivity contribution < 1.29 is 21.6 Å². The Kier molecular flexibility index (Phi) is 7.04. The Morgan fingerprint density at radius 2 is 1.88 bits per heavy atom. The van der Waals surface area contributed by atoms with Crippen molar-refractivity contribution in [2.45, 2.75) is 10.9 Å². The SMILES string of the molecule is COCCN1CCN(S(=O)(=O)NS(=O)(=O)c2ccccc2)C(c2cccc3c(C#N)c[nH]c23)C1. The molecule has 1 aromatic heterocycles. The lowest BCUT2D eigenvalue weighted by molar-refractivity contribution is 0.0964. The van der Waals surface area contributed by atoms with E-state index in [0.717, 1.165) is 0 Å². The zero-order valence-electron chi connectivity index (χ0n) is 18.5. The zero-order chi connectivity index (χ0) is 24.3. The van der Waals surface area contributed by atoms with Crippen LogP contribution in [0.25, 0.3) is 10.9 Å². The largest absolute Gasteiger partial charge is 0.383 e. The Labute approximate surface area is 199 Å². The fourth-order valence-electron chi connectivity index (χ4n) is 4.17. The summed E-state index contributed by atoms with van der Waals surface area (Å²) >= 11 is 0. The summed E-state index contributed by atoms with van der Waals surface area (Å²) in [6.07, 6.45) is 1.58. The predicted octanol–water partition coefficient (Wildman–Crippen LogP) is 1.57. The molecule has 1 aliphatic heterocycles. The van der Waals surface area contributed by atoms with Crippen molar-refractivity contribution in [3.05, 3.63) is 65.9 Å². The average Bonchev–Trinajstić information content (AvgIpc) is 3.26.